The van der Waals surface area contributed by atoms with Crippen molar-refractivity contribution >= 4 is 5.69 Å². The fraction of sp³-hybridized carbons (Fsp3) is 0.455. The lowest BCUT2D eigenvalue weighted by Gasteiger charge is -2.04. The summed E-state index contributed by atoms with van der Waals surface area (Å²) in [5.41, 5.74) is 0.327. The molecule has 2 heterocycles. The second-order valence-electron chi connectivity index (χ2n) is 4.08. The molecule has 0 amide bonds. The monoisotopic (exact) mass is 273 g/mol. The molecule has 0 unspecified atom stereocenters. The number of rotatable bonds is 4. The van der Waals surface area contributed by atoms with Gasteiger partial charge in [-0.05, 0) is 13.0 Å². The summed E-state index contributed by atoms with van der Waals surface area (Å²) in [6.45, 7) is 2.91. The summed E-state index contributed by atoms with van der Waals surface area (Å²) >= 11 is 0. The van der Waals surface area contributed by atoms with Crippen molar-refractivity contribution in [1.82, 2.24) is 19.6 Å². The van der Waals surface area contributed by atoms with E-state index in [1.165, 1.54) is 7.05 Å². The highest BCUT2D eigenvalue weighted by atomic mass is 19.4. The Morgan fingerprint density at radius 3 is 2.63 bits per heavy atom. The highest BCUT2D eigenvalue weighted by Crippen LogP contribution is 2.29. The van der Waals surface area contributed by atoms with Crippen molar-refractivity contribution in [2.24, 2.45) is 7.05 Å². The lowest BCUT2D eigenvalue weighted by Crippen LogP contribution is -2.11. The fourth-order valence-electron chi connectivity index (χ4n) is 1.70. The van der Waals surface area contributed by atoms with Crippen LogP contribution in [0, 0.1) is 0 Å². The van der Waals surface area contributed by atoms with Gasteiger partial charge in [-0.25, -0.2) is 0 Å². The van der Waals surface area contributed by atoms with Crippen LogP contribution in [-0.2, 0) is 26.3 Å². The van der Waals surface area contributed by atoms with Gasteiger partial charge in [0.1, 0.15) is 5.69 Å². The second-order valence-corrected chi connectivity index (χ2v) is 4.08. The molecule has 5 nitrogen and oxygen atoms in total. The van der Waals surface area contributed by atoms with Crippen LogP contribution in [0.1, 0.15) is 18.3 Å². The van der Waals surface area contributed by atoms with E-state index in [1.54, 1.807) is 17.1 Å². The van der Waals surface area contributed by atoms with Crippen LogP contribution < -0.4 is 5.32 Å². The number of nitrogens with zero attached hydrogens (tertiary/aromatic N) is 4. The Kier molecular flexibility index (Phi) is 3.50. The molecule has 0 spiro atoms. The fourth-order valence-corrected chi connectivity index (χ4v) is 1.70. The van der Waals surface area contributed by atoms with Gasteiger partial charge in [-0.2, -0.15) is 23.4 Å². The summed E-state index contributed by atoms with van der Waals surface area (Å²) in [5, 5.41) is 10.9. The zero-order valence-electron chi connectivity index (χ0n) is 10.6. The van der Waals surface area contributed by atoms with Crippen LogP contribution in [0.4, 0.5) is 18.9 Å². The van der Waals surface area contributed by atoms with Crippen molar-refractivity contribution < 1.29 is 13.2 Å². The average molecular weight is 273 g/mol. The summed E-state index contributed by atoms with van der Waals surface area (Å²) in [6, 6.07) is 1.04. The van der Waals surface area contributed by atoms with Crippen LogP contribution in [0.2, 0.25) is 0 Å². The smallest absolute Gasteiger partial charge is 0.377 e. The molecule has 0 aliphatic heterocycles. The molecule has 0 radical (unpaired) electrons. The molecule has 2 rings (SSSR count). The summed E-state index contributed by atoms with van der Waals surface area (Å²) in [5.74, 6) is 0. The highest BCUT2D eigenvalue weighted by molar-refractivity contribution is 5.38. The van der Waals surface area contributed by atoms with Crippen molar-refractivity contribution in [2.45, 2.75) is 26.2 Å². The van der Waals surface area contributed by atoms with Crippen molar-refractivity contribution in [3.63, 3.8) is 0 Å². The molecule has 2 aromatic heterocycles. The topological polar surface area (TPSA) is 47.7 Å². The zero-order valence-corrected chi connectivity index (χ0v) is 10.6. The van der Waals surface area contributed by atoms with Gasteiger partial charge in [0.05, 0.1) is 24.1 Å². The SMILES string of the molecule is CCn1cc(NCc2cc(C(F)(F)F)n(C)n2)cn1. The molecule has 8 heteroatoms. The lowest BCUT2D eigenvalue weighted by atomic mass is 10.3. The molecule has 2 aromatic rings. The molecule has 0 aliphatic carbocycles. The largest absolute Gasteiger partial charge is 0.433 e. The Morgan fingerprint density at radius 1 is 1.37 bits per heavy atom. The predicted octanol–water partition coefficient (Wildman–Crippen LogP) is 2.27. The molecule has 104 valence electrons. The minimum absolute atomic E-state index is 0.222. The van der Waals surface area contributed by atoms with Crippen molar-refractivity contribution in [3.8, 4) is 0 Å². The van der Waals surface area contributed by atoms with E-state index in [9.17, 15) is 13.2 Å². The standard InChI is InChI=1S/C11H14F3N5/c1-3-19-7-9(6-16-19)15-5-8-4-10(11(12,13)14)18(2)17-8/h4,6-7,15H,3,5H2,1-2H3. The number of hydrogen-bond donors (Lipinski definition) is 1. The van der Waals surface area contributed by atoms with E-state index in [0.29, 0.717) is 5.69 Å². The van der Waals surface area contributed by atoms with E-state index >= 15 is 0 Å². The van der Waals surface area contributed by atoms with Gasteiger partial charge in [0.2, 0.25) is 0 Å². The molecule has 19 heavy (non-hydrogen) atoms. The number of halogens is 3. The van der Waals surface area contributed by atoms with Gasteiger partial charge < -0.3 is 5.32 Å². The third kappa shape index (κ3) is 3.07. The van der Waals surface area contributed by atoms with Crippen LogP contribution in [0.5, 0.6) is 0 Å². The van der Waals surface area contributed by atoms with Gasteiger partial charge in [0, 0.05) is 19.8 Å². The number of hydrogen-bond acceptors (Lipinski definition) is 3. The summed E-state index contributed by atoms with van der Waals surface area (Å²) in [6.07, 6.45) is -0.974. The van der Waals surface area contributed by atoms with Crippen molar-refractivity contribution in [1.29, 1.82) is 0 Å². The molecule has 0 bridgehead atoms. The first-order chi connectivity index (χ1) is 8.90. The number of alkyl halides is 3. The number of aromatic nitrogens is 4. The van der Waals surface area contributed by atoms with Crippen LogP contribution in [0.15, 0.2) is 18.5 Å². The van der Waals surface area contributed by atoms with Crippen LogP contribution in [-0.4, -0.2) is 19.6 Å². The third-order valence-corrected chi connectivity index (χ3v) is 2.65. The lowest BCUT2D eigenvalue weighted by molar-refractivity contribution is -0.143. The second kappa shape index (κ2) is 4.94. The Balaban J connectivity index is 2.04. The van der Waals surface area contributed by atoms with E-state index in [-0.39, 0.29) is 6.54 Å². The minimum atomic E-state index is -4.38. The maximum absolute atomic E-state index is 12.6. The molecule has 0 atom stereocenters. The first-order valence-electron chi connectivity index (χ1n) is 5.76. The number of aryl methyl sites for hydroxylation is 2. The number of nitrogens with one attached hydrogen (secondary N) is 1. The molecule has 1 N–H and O–H groups in total. The van der Waals surface area contributed by atoms with E-state index in [0.717, 1.165) is 23.0 Å². The maximum atomic E-state index is 12.6. The van der Waals surface area contributed by atoms with E-state index in [1.807, 2.05) is 6.92 Å². The molecule has 0 saturated heterocycles. The summed E-state index contributed by atoms with van der Waals surface area (Å²) in [4.78, 5) is 0. The predicted molar refractivity (Wildman–Crippen MR) is 63.4 cm³/mol. The first-order valence-corrected chi connectivity index (χ1v) is 5.76. The molecular formula is C11H14F3N5. The van der Waals surface area contributed by atoms with Crippen LogP contribution in [0.3, 0.4) is 0 Å². The van der Waals surface area contributed by atoms with Gasteiger partial charge >= 0.3 is 6.18 Å². The molecule has 0 aliphatic rings. The van der Waals surface area contributed by atoms with E-state index < -0.39 is 11.9 Å². The van der Waals surface area contributed by atoms with Gasteiger partial charge in [0.15, 0.2) is 0 Å². The van der Waals surface area contributed by atoms with E-state index in [4.69, 9.17) is 0 Å². The highest BCUT2D eigenvalue weighted by Gasteiger charge is 2.34. The van der Waals surface area contributed by atoms with Crippen molar-refractivity contribution in [3.05, 3.63) is 29.8 Å². The van der Waals surface area contributed by atoms with E-state index in [2.05, 4.69) is 15.5 Å². The average Bonchev–Trinajstić information content (AvgIpc) is 2.91. The first kappa shape index (κ1) is 13.4. The Morgan fingerprint density at radius 2 is 2.11 bits per heavy atom. The molecule has 0 saturated carbocycles. The Hall–Kier alpha value is -1.99. The quantitative estimate of drug-likeness (QED) is 0.929. The third-order valence-electron chi connectivity index (χ3n) is 2.65. The molecule has 0 aromatic carbocycles. The van der Waals surface area contributed by atoms with Crippen LogP contribution in [0.25, 0.3) is 0 Å². The van der Waals surface area contributed by atoms with Gasteiger partial charge in [-0.3, -0.25) is 9.36 Å². The summed E-state index contributed by atoms with van der Waals surface area (Å²) < 4.78 is 40.3. The minimum Gasteiger partial charge on any atom is -0.377 e. The van der Waals surface area contributed by atoms with Crippen molar-refractivity contribution in [2.75, 3.05) is 5.32 Å². The maximum Gasteiger partial charge on any atom is 0.433 e. The zero-order chi connectivity index (χ0) is 14.0. The summed E-state index contributed by atoms with van der Waals surface area (Å²) in [7, 11) is 1.28. The Bertz CT molecular complexity index is 555. The Labute approximate surface area is 108 Å². The molecular weight excluding hydrogens is 259 g/mol. The van der Waals surface area contributed by atoms with Crippen LogP contribution >= 0.6 is 0 Å². The molecule has 0 fully saturated rings. The number of anilines is 1. The van der Waals surface area contributed by atoms with Gasteiger partial charge in [0.25, 0.3) is 0 Å². The normalized spacial score (nSPS) is 11.8. The van der Waals surface area contributed by atoms with Gasteiger partial charge in [-0.1, -0.05) is 0 Å². The van der Waals surface area contributed by atoms with Gasteiger partial charge in [-0.15, -0.1) is 0 Å².